The number of hydrogen-bond acceptors (Lipinski definition) is 3. The van der Waals surface area contributed by atoms with Crippen molar-refractivity contribution in [2.45, 2.75) is 19.8 Å². The Morgan fingerprint density at radius 2 is 2.00 bits per heavy atom. The Balaban J connectivity index is 2.79. The van der Waals surface area contributed by atoms with Gasteiger partial charge in [0.2, 0.25) is 5.91 Å². The molecular formula is C13H16F2N2O3. The second-order valence-corrected chi connectivity index (χ2v) is 4.54. The van der Waals surface area contributed by atoms with Crippen LogP contribution in [0.2, 0.25) is 0 Å². The topological polar surface area (TPSA) is 92.4 Å². The highest BCUT2D eigenvalue weighted by Crippen LogP contribution is 2.20. The average molecular weight is 286 g/mol. The number of carboxylic acids is 1. The lowest BCUT2D eigenvalue weighted by molar-refractivity contribution is -0.116. The summed E-state index contributed by atoms with van der Waals surface area (Å²) in [4.78, 5) is 22.3. The van der Waals surface area contributed by atoms with E-state index in [9.17, 15) is 18.4 Å². The number of amides is 1. The SMILES string of the molecule is CC(CN)CCC(=O)Nc1cc(C(=O)O)c(F)cc1F. The molecule has 0 heterocycles. The molecule has 0 aliphatic carbocycles. The average Bonchev–Trinajstić information content (AvgIpc) is 2.38. The minimum absolute atomic E-state index is 0.123. The quantitative estimate of drug-likeness (QED) is 0.745. The van der Waals surface area contributed by atoms with E-state index in [2.05, 4.69) is 5.32 Å². The van der Waals surface area contributed by atoms with Crippen LogP contribution in [0.1, 0.15) is 30.1 Å². The number of carboxylic acid groups (broad SMARTS) is 1. The van der Waals surface area contributed by atoms with Crippen LogP contribution in [0.3, 0.4) is 0 Å². The molecule has 0 aliphatic heterocycles. The van der Waals surface area contributed by atoms with Crippen LogP contribution >= 0.6 is 0 Å². The van der Waals surface area contributed by atoms with Crippen molar-refractivity contribution in [1.82, 2.24) is 0 Å². The summed E-state index contributed by atoms with van der Waals surface area (Å²) in [6.07, 6.45) is 0.647. The number of nitrogens with one attached hydrogen (secondary N) is 1. The molecule has 0 spiro atoms. The van der Waals surface area contributed by atoms with Crippen molar-refractivity contribution in [1.29, 1.82) is 0 Å². The molecule has 1 atom stereocenters. The number of hydrogen-bond donors (Lipinski definition) is 3. The first-order valence-corrected chi connectivity index (χ1v) is 6.07. The summed E-state index contributed by atoms with van der Waals surface area (Å²) in [6, 6.07) is 1.19. The van der Waals surface area contributed by atoms with Crippen molar-refractivity contribution in [3.8, 4) is 0 Å². The first-order valence-electron chi connectivity index (χ1n) is 6.07. The monoisotopic (exact) mass is 286 g/mol. The number of anilines is 1. The molecule has 0 radical (unpaired) electrons. The Morgan fingerprint density at radius 3 is 2.55 bits per heavy atom. The van der Waals surface area contributed by atoms with Crippen LogP contribution in [-0.4, -0.2) is 23.5 Å². The van der Waals surface area contributed by atoms with Crippen molar-refractivity contribution in [2.24, 2.45) is 11.7 Å². The van der Waals surface area contributed by atoms with Crippen molar-refractivity contribution in [3.63, 3.8) is 0 Å². The van der Waals surface area contributed by atoms with E-state index in [1.54, 1.807) is 0 Å². The molecule has 0 saturated heterocycles. The molecule has 1 rings (SSSR count). The second-order valence-electron chi connectivity index (χ2n) is 4.54. The smallest absolute Gasteiger partial charge is 0.338 e. The highest BCUT2D eigenvalue weighted by molar-refractivity contribution is 5.94. The van der Waals surface area contributed by atoms with Crippen LogP contribution in [0, 0.1) is 17.6 Å². The Morgan fingerprint density at radius 1 is 1.35 bits per heavy atom. The van der Waals surface area contributed by atoms with Crippen molar-refractivity contribution >= 4 is 17.6 Å². The maximum atomic E-state index is 13.5. The van der Waals surface area contributed by atoms with Gasteiger partial charge in [0, 0.05) is 12.5 Å². The Hall–Kier alpha value is -2.02. The molecule has 1 unspecified atom stereocenters. The van der Waals surface area contributed by atoms with E-state index in [1.807, 2.05) is 6.92 Å². The molecule has 1 amide bonds. The van der Waals surface area contributed by atoms with Gasteiger partial charge in [-0.2, -0.15) is 0 Å². The zero-order valence-electron chi connectivity index (χ0n) is 11.0. The summed E-state index contributed by atoms with van der Waals surface area (Å²) in [5.41, 5.74) is 4.36. The number of rotatable bonds is 6. The van der Waals surface area contributed by atoms with Crippen LogP contribution in [0.4, 0.5) is 14.5 Å². The lowest BCUT2D eigenvalue weighted by atomic mass is 10.1. The summed E-state index contributed by atoms with van der Waals surface area (Å²) >= 11 is 0. The van der Waals surface area contributed by atoms with Crippen LogP contribution in [0.15, 0.2) is 12.1 Å². The van der Waals surface area contributed by atoms with Crippen LogP contribution < -0.4 is 11.1 Å². The fourth-order valence-electron chi connectivity index (χ4n) is 1.52. The summed E-state index contributed by atoms with van der Waals surface area (Å²) in [7, 11) is 0. The number of nitrogens with two attached hydrogens (primary N) is 1. The van der Waals surface area contributed by atoms with E-state index in [-0.39, 0.29) is 18.0 Å². The zero-order chi connectivity index (χ0) is 15.3. The lowest BCUT2D eigenvalue weighted by Gasteiger charge is -2.10. The van der Waals surface area contributed by atoms with Gasteiger partial charge in [0.1, 0.15) is 11.6 Å². The maximum Gasteiger partial charge on any atom is 0.338 e. The molecule has 110 valence electrons. The molecule has 7 heteroatoms. The third-order valence-electron chi connectivity index (χ3n) is 2.83. The molecule has 0 saturated carbocycles. The van der Waals surface area contributed by atoms with Gasteiger partial charge in [-0.1, -0.05) is 6.92 Å². The molecule has 4 N–H and O–H groups in total. The molecule has 0 fully saturated rings. The first-order chi connectivity index (χ1) is 9.35. The van der Waals surface area contributed by atoms with E-state index in [0.29, 0.717) is 19.0 Å². The highest BCUT2D eigenvalue weighted by atomic mass is 19.1. The zero-order valence-corrected chi connectivity index (χ0v) is 11.0. The highest BCUT2D eigenvalue weighted by Gasteiger charge is 2.16. The third-order valence-corrected chi connectivity index (χ3v) is 2.83. The molecule has 20 heavy (non-hydrogen) atoms. The predicted molar refractivity (Wildman–Crippen MR) is 69.4 cm³/mol. The van der Waals surface area contributed by atoms with Gasteiger partial charge in [-0.05, 0) is 24.9 Å². The van der Waals surface area contributed by atoms with E-state index in [4.69, 9.17) is 10.8 Å². The van der Waals surface area contributed by atoms with Crippen molar-refractivity contribution in [2.75, 3.05) is 11.9 Å². The van der Waals surface area contributed by atoms with Crippen LogP contribution in [-0.2, 0) is 4.79 Å². The van der Waals surface area contributed by atoms with Gasteiger partial charge in [-0.25, -0.2) is 13.6 Å². The Kier molecular flexibility index (Phi) is 5.57. The number of aromatic carboxylic acids is 1. The fraction of sp³-hybridized carbons (Fsp3) is 0.385. The number of benzene rings is 1. The van der Waals surface area contributed by atoms with Gasteiger partial charge in [-0.3, -0.25) is 4.79 Å². The van der Waals surface area contributed by atoms with Gasteiger partial charge in [0.15, 0.2) is 0 Å². The normalized spacial score (nSPS) is 12.0. The summed E-state index contributed by atoms with van der Waals surface area (Å²) in [6.45, 7) is 2.30. The Labute approximate surface area is 114 Å². The second kappa shape index (κ2) is 6.95. The standard InChI is InChI=1S/C13H16F2N2O3/c1-7(6-16)2-3-12(18)17-11-4-8(13(19)20)9(14)5-10(11)15/h4-5,7H,2-3,6,16H2,1H3,(H,17,18)(H,19,20). The van der Waals surface area contributed by atoms with E-state index >= 15 is 0 Å². The minimum atomic E-state index is -1.53. The molecule has 5 nitrogen and oxygen atoms in total. The molecule has 1 aromatic rings. The largest absolute Gasteiger partial charge is 0.478 e. The van der Waals surface area contributed by atoms with E-state index in [1.165, 1.54) is 0 Å². The summed E-state index contributed by atoms with van der Waals surface area (Å²) in [5, 5.41) is 11.0. The summed E-state index contributed by atoms with van der Waals surface area (Å²) < 4.78 is 26.6. The minimum Gasteiger partial charge on any atom is -0.478 e. The van der Waals surface area contributed by atoms with Crippen LogP contribution in [0.5, 0.6) is 0 Å². The molecule has 0 aliphatic rings. The summed E-state index contributed by atoms with van der Waals surface area (Å²) in [5.74, 6) is -4.08. The van der Waals surface area contributed by atoms with Crippen LogP contribution in [0.25, 0.3) is 0 Å². The van der Waals surface area contributed by atoms with Crippen molar-refractivity contribution in [3.05, 3.63) is 29.3 Å². The van der Waals surface area contributed by atoms with Gasteiger partial charge in [0.05, 0.1) is 11.3 Å². The predicted octanol–water partition coefficient (Wildman–Crippen LogP) is 1.98. The van der Waals surface area contributed by atoms with Gasteiger partial charge in [0.25, 0.3) is 0 Å². The lowest BCUT2D eigenvalue weighted by Crippen LogP contribution is -2.17. The number of carbonyl (C=O) groups excluding carboxylic acids is 1. The molecule has 0 aromatic heterocycles. The fourth-order valence-corrected chi connectivity index (χ4v) is 1.52. The van der Waals surface area contributed by atoms with Gasteiger partial charge < -0.3 is 16.2 Å². The van der Waals surface area contributed by atoms with Gasteiger partial charge >= 0.3 is 5.97 Å². The molecule has 1 aromatic carbocycles. The number of halogens is 2. The number of carbonyl (C=O) groups is 2. The van der Waals surface area contributed by atoms with Gasteiger partial charge in [-0.15, -0.1) is 0 Å². The van der Waals surface area contributed by atoms with E-state index in [0.717, 1.165) is 6.07 Å². The van der Waals surface area contributed by atoms with Crippen molar-refractivity contribution < 1.29 is 23.5 Å². The molecular weight excluding hydrogens is 270 g/mol. The first kappa shape index (κ1) is 16.0. The molecule has 0 bridgehead atoms. The maximum absolute atomic E-state index is 13.5. The third kappa shape index (κ3) is 4.27. The van der Waals surface area contributed by atoms with E-state index < -0.39 is 29.1 Å². The Bertz CT molecular complexity index is 521.